The molecule has 0 radical (unpaired) electrons. The summed E-state index contributed by atoms with van der Waals surface area (Å²) in [4.78, 5) is 10.2. The molecule has 0 atom stereocenters. The fraction of sp³-hybridized carbons (Fsp3) is 0.833. The van der Waals surface area contributed by atoms with Gasteiger partial charge in [-0.05, 0) is 13.8 Å². The second kappa shape index (κ2) is 5.56. The molecule has 1 N–H and O–H groups in total. The molecule has 0 spiro atoms. The van der Waals surface area contributed by atoms with Crippen LogP contribution in [0.15, 0.2) is 0 Å². The zero-order chi connectivity index (χ0) is 7.98. The van der Waals surface area contributed by atoms with Gasteiger partial charge in [-0.25, -0.2) is 0 Å². The molecule has 0 aromatic rings. The molecule has 10 heavy (non-hydrogen) atoms. The SMILES string of the molecule is CC(C)OCCNC(=O)S. The minimum atomic E-state index is -0.313. The van der Waals surface area contributed by atoms with Gasteiger partial charge in [0, 0.05) is 6.54 Å². The van der Waals surface area contributed by atoms with Crippen LogP contribution in [0.25, 0.3) is 0 Å². The van der Waals surface area contributed by atoms with Crippen molar-refractivity contribution in [3.8, 4) is 0 Å². The fourth-order valence-electron chi connectivity index (χ4n) is 0.453. The van der Waals surface area contributed by atoms with Gasteiger partial charge < -0.3 is 10.1 Å². The van der Waals surface area contributed by atoms with Gasteiger partial charge >= 0.3 is 0 Å². The minimum absolute atomic E-state index is 0.219. The quantitative estimate of drug-likeness (QED) is 0.480. The molecular weight excluding hydrogens is 150 g/mol. The highest BCUT2D eigenvalue weighted by atomic mass is 32.1. The molecule has 0 heterocycles. The molecule has 4 heteroatoms. The summed E-state index contributed by atoms with van der Waals surface area (Å²) in [6.07, 6.45) is 0.219. The van der Waals surface area contributed by atoms with Gasteiger partial charge in [0.1, 0.15) is 0 Å². The summed E-state index contributed by atoms with van der Waals surface area (Å²) in [5, 5.41) is 2.19. The van der Waals surface area contributed by atoms with Gasteiger partial charge in [-0.15, -0.1) is 0 Å². The number of thiol groups is 1. The summed E-state index contributed by atoms with van der Waals surface area (Å²) >= 11 is 3.52. The van der Waals surface area contributed by atoms with Gasteiger partial charge in [0.05, 0.1) is 12.7 Å². The van der Waals surface area contributed by atoms with Gasteiger partial charge in [0.25, 0.3) is 5.24 Å². The second-order valence-electron chi connectivity index (χ2n) is 2.15. The molecule has 0 unspecified atom stereocenters. The Morgan fingerprint density at radius 1 is 1.70 bits per heavy atom. The lowest BCUT2D eigenvalue weighted by molar-refractivity contribution is 0.0823. The molecule has 0 aromatic carbocycles. The van der Waals surface area contributed by atoms with E-state index >= 15 is 0 Å². The molecule has 60 valence electrons. The Kier molecular flexibility index (Phi) is 5.43. The van der Waals surface area contributed by atoms with Crippen LogP contribution in [0, 0.1) is 0 Å². The van der Waals surface area contributed by atoms with E-state index in [9.17, 15) is 4.79 Å². The van der Waals surface area contributed by atoms with E-state index in [-0.39, 0.29) is 11.3 Å². The van der Waals surface area contributed by atoms with Gasteiger partial charge in [-0.3, -0.25) is 4.79 Å². The van der Waals surface area contributed by atoms with Crippen molar-refractivity contribution in [1.29, 1.82) is 0 Å². The van der Waals surface area contributed by atoms with E-state index in [1.807, 2.05) is 13.8 Å². The maximum absolute atomic E-state index is 10.2. The molecule has 0 bridgehead atoms. The third-order valence-corrected chi connectivity index (χ3v) is 0.988. The number of carbonyl (C=O) groups is 1. The van der Waals surface area contributed by atoms with Gasteiger partial charge in [-0.1, -0.05) is 12.6 Å². The van der Waals surface area contributed by atoms with Crippen LogP contribution in [0.4, 0.5) is 4.79 Å². The molecule has 0 aromatic heterocycles. The first-order chi connectivity index (χ1) is 4.63. The van der Waals surface area contributed by atoms with Crippen molar-refractivity contribution in [1.82, 2.24) is 5.32 Å². The zero-order valence-corrected chi connectivity index (χ0v) is 7.15. The standard InChI is InChI=1S/C6H13NO2S/c1-5(2)9-4-3-7-6(8)10/h5H,3-4H2,1-2H3,(H2,7,8,10). The molecule has 0 saturated heterocycles. The van der Waals surface area contributed by atoms with E-state index < -0.39 is 0 Å². The molecule has 0 fully saturated rings. The molecule has 0 saturated carbocycles. The largest absolute Gasteiger partial charge is 0.377 e. The summed E-state index contributed by atoms with van der Waals surface area (Å²) in [7, 11) is 0. The van der Waals surface area contributed by atoms with Crippen molar-refractivity contribution in [2.24, 2.45) is 0 Å². The lowest BCUT2D eigenvalue weighted by Gasteiger charge is -2.06. The summed E-state index contributed by atoms with van der Waals surface area (Å²) in [5.41, 5.74) is 0. The van der Waals surface area contributed by atoms with Crippen LogP contribution in [0.3, 0.4) is 0 Å². The van der Waals surface area contributed by atoms with Crippen molar-refractivity contribution in [3.63, 3.8) is 0 Å². The molecule has 0 aliphatic carbocycles. The zero-order valence-electron chi connectivity index (χ0n) is 6.26. The Hall–Kier alpha value is -0.220. The Bertz CT molecular complexity index is 106. The number of hydrogen-bond donors (Lipinski definition) is 2. The first-order valence-corrected chi connectivity index (χ1v) is 3.66. The third kappa shape index (κ3) is 7.78. The number of rotatable bonds is 4. The predicted molar refractivity (Wildman–Crippen MR) is 43.5 cm³/mol. The monoisotopic (exact) mass is 163 g/mol. The number of carbonyl (C=O) groups excluding carboxylic acids is 1. The fourth-order valence-corrected chi connectivity index (χ4v) is 0.564. The summed E-state index contributed by atoms with van der Waals surface area (Å²) in [6, 6.07) is 0. The molecule has 1 amide bonds. The Morgan fingerprint density at radius 2 is 2.30 bits per heavy atom. The lowest BCUT2D eigenvalue weighted by Crippen LogP contribution is -2.23. The summed E-state index contributed by atoms with van der Waals surface area (Å²) in [6.45, 7) is 4.97. The molecule has 0 rings (SSSR count). The van der Waals surface area contributed by atoms with Crippen LogP contribution in [-0.4, -0.2) is 24.5 Å². The van der Waals surface area contributed by atoms with Crippen molar-refractivity contribution < 1.29 is 9.53 Å². The first-order valence-electron chi connectivity index (χ1n) is 3.21. The van der Waals surface area contributed by atoms with Crippen molar-refractivity contribution in [2.75, 3.05) is 13.2 Å². The lowest BCUT2D eigenvalue weighted by atomic mass is 10.5. The van der Waals surface area contributed by atoms with Crippen LogP contribution in [0.5, 0.6) is 0 Å². The van der Waals surface area contributed by atoms with Crippen LogP contribution in [0.2, 0.25) is 0 Å². The number of hydrogen-bond acceptors (Lipinski definition) is 2. The van der Waals surface area contributed by atoms with Crippen molar-refractivity contribution >= 4 is 17.9 Å². The van der Waals surface area contributed by atoms with Crippen LogP contribution in [0.1, 0.15) is 13.8 Å². The second-order valence-corrected chi connectivity index (χ2v) is 2.56. The number of ether oxygens (including phenoxy) is 1. The van der Waals surface area contributed by atoms with Gasteiger partial charge in [-0.2, -0.15) is 0 Å². The highest BCUT2D eigenvalue weighted by Crippen LogP contribution is 1.85. The topological polar surface area (TPSA) is 38.3 Å². The Morgan fingerprint density at radius 3 is 2.70 bits per heavy atom. The average molecular weight is 163 g/mol. The molecular formula is C6H13NO2S. The number of amides is 1. The normalized spacial score (nSPS) is 10.0. The smallest absolute Gasteiger partial charge is 0.276 e. The van der Waals surface area contributed by atoms with E-state index in [2.05, 4.69) is 17.9 Å². The van der Waals surface area contributed by atoms with E-state index in [0.29, 0.717) is 13.2 Å². The summed E-state index contributed by atoms with van der Waals surface area (Å²) < 4.78 is 5.14. The molecule has 0 aliphatic heterocycles. The summed E-state index contributed by atoms with van der Waals surface area (Å²) in [5.74, 6) is 0. The van der Waals surface area contributed by atoms with Crippen LogP contribution < -0.4 is 5.32 Å². The van der Waals surface area contributed by atoms with Crippen molar-refractivity contribution in [3.05, 3.63) is 0 Å². The highest BCUT2D eigenvalue weighted by Gasteiger charge is 1.93. The van der Waals surface area contributed by atoms with E-state index in [4.69, 9.17) is 4.74 Å². The molecule has 3 nitrogen and oxygen atoms in total. The van der Waals surface area contributed by atoms with Gasteiger partial charge in [0.2, 0.25) is 0 Å². The average Bonchev–Trinajstić information content (AvgIpc) is 1.79. The maximum atomic E-state index is 10.2. The molecule has 0 aliphatic rings. The third-order valence-electron chi connectivity index (χ3n) is 0.829. The van der Waals surface area contributed by atoms with E-state index in [1.54, 1.807) is 0 Å². The van der Waals surface area contributed by atoms with Gasteiger partial charge in [0.15, 0.2) is 0 Å². The minimum Gasteiger partial charge on any atom is -0.377 e. The number of nitrogens with one attached hydrogen (secondary N) is 1. The van der Waals surface area contributed by atoms with E-state index in [0.717, 1.165) is 0 Å². The van der Waals surface area contributed by atoms with Crippen LogP contribution >= 0.6 is 12.6 Å². The Balaban J connectivity index is 2.98. The highest BCUT2D eigenvalue weighted by molar-refractivity contribution is 7.96. The predicted octanol–water partition coefficient (Wildman–Crippen LogP) is 1.05. The maximum Gasteiger partial charge on any atom is 0.276 e. The van der Waals surface area contributed by atoms with Crippen molar-refractivity contribution in [2.45, 2.75) is 20.0 Å². The Labute approximate surface area is 66.5 Å². The van der Waals surface area contributed by atoms with Crippen LogP contribution in [-0.2, 0) is 4.74 Å². The van der Waals surface area contributed by atoms with E-state index in [1.165, 1.54) is 0 Å². The first kappa shape index (κ1) is 9.78.